The molecule has 2 aromatic heterocycles. The summed E-state index contributed by atoms with van der Waals surface area (Å²) in [5.74, 6) is -0.176. The van der Waals surface area contributed by atoms with Gasteiger partial charge in [-0.3, -0.25) is 4.79 Å². The third-order valence-corrected chi connectivity index (χ3v) is 3.91. The Labute approximate surface area is 117 Å². The molecule has 18 heavy (non-hydrogen) atoms. The third kappa shape index (κ3) is 3.09. The smallest absolute Gasteiger partial charge is 0.268 e. The lowest BCUT2D eigenvalue weighted by molar-refractivity contribution is 0.0919. The van der Waals surface area contributed by atoms with Crippen LogP contribution in [0.25, 0.3) is 10.3 Å². The Morgan fingerprint density at radius 3 is 3.00 bits per heavy atom. The van der Waals surface area contributed by atoms with Gasteiger partial charge in [-0.05, 0) is 42.3 Å². The number of carbonyl (C=O) groups is 1. The molecule has 0 saturated carbocycles. The van der Waals surface area contributed by atoms with Gasteiger partial charge in [-0.2, -0.15) is 0 Å². The second kappa shape index (κ2) is 5.38. The molecule has 0 aliphatic carbocycles. The lowest BCUT2D eigenvalue weighted by Crippen LogP contribution is -2.34. The maximum absolute atomic E-state index is 11.9. The summed E-state index contributed by atoms with van der Waals surface area (Å²) in [7, 11) is 0. The molecular formula is C11H14BrN3O2S. The summed E-state index contributed by atoms with van der Waals surface area (Å²) in [5.41, 5.74) is 1.27. The SMILES string of the molecule is CC(O)CC(C)NC(=O)c1cc2nc(Br)sc2[nH]1. The van der Waals surface area contributed by atoms with Crippen molar-refractivity contribution in [1.29, 1.82) is 0 Å². The van der Waals surface area contributed by atoms with E-state index in [4.69, 9.17) is 0 Å². The molecule has 0 aromatic carbocycles. The zero-order valence-electron chi connectivity index (χ0n) is 10.0. The van der Waals surface area contributed by atoms with E-state index >= 15 is 0 Å². The topological polar surface area (TPSA) is 78.0 Å². The van der Waals surface area contributed by atoms with Gasteiger partial charge in [0.25, 0.3) is 5.91 Å². The van der Waals surface area contributed by atoms with Gasteiger partial charge in [0.15, 0.2) is 3.92 Å². The van der Waals surface area contributed by atoms with Gasteiger partial charge in [-0.1, -0.05) is 11.3 Å². The predicted octanol–water partition coefficient (Wildman–Crippen LogP) is 2.28. The van der Waals surface area contributed by atoms with Gasteiger partial charge >= 0.3 is 0 Å². The van der Waals surface area contributed by atoms with Crippen LogP contribution < -0.4 is 5.32 Å². The number of rotatable bonds is 4. The largest absolute Gasteiger partial charge is 0.393 e. The standard InChI is InChI=1S/C11H14BrN3O2S/c1-5(3-6(2)16)13-9(17)7-4-8-10(14-7)18-11(12)15-8/h4-6,14,16H,3H2,1-2H3,(H,13,17). The summed E-state index contributed by atoms with van der Waals surface area (Å²) >= 11 is 4.74. The number of hydrogen-bond acceptors (Lipinski definition) is 4. The van der Waals surface area contributed by atoms with Crippen molar-refractivity contribution in [3.05, 3.63) is 15.7 Å². The Kier molecular flexibility index (Phi) is 4.04. The Bertz CT molecular complexity index is 532. The van der Waals surface area contributed by atoms with Crippen molar-refractivity contribution in [3.8, 4) is 0 Å². The van der Waals surface area contributed by atoms with Crippen LogP contribution in [0.15, 0.2) is 9.98 Å². The Hall–Kier alpha value is -0.920. The lowest BCUT2D eigenvalue weighted by atomic mass is 10.1. The number of H-pyrrole nitrogens is 1. The van der Waals surface area contributed by atoms with E-state index in [0.717, 1.165) is 14.3 Å². The molecule has 3 N–H and O–H groups in total. The molecule has 98 valence electrons. The van der Waals surface area contributed by atoms with Crippen LogP contribution in [0, 0.1) is 0 Å². The number of fused-ring (bicyclic) bond motifs is 1. The highest BCUT2D eigenvalue weighted by atomic mass is 79.9. The molecule has 7 heteroatoms. The number of aliphatic hydroxyl groups excluding tert-OH is 1. The highest BCUT2D eigenvalue weighted by molar-refractivity contribution is 9.11. The lowest BCUT2D eigenvalue weighted by Gasteiger charge is -2.14. The minimum Gasteiger partial charge on any atom is -0.393 e. The van der Waals surface area contributed by atoms with E-state index in [1.807, 2.05) is 6.92 Å². The number of nitrogens with zero attached hydrogens (tertiary/aromatic N) is 1. The summed E-state index contributed by atoms with van der Waals surface area (Å²) < 4.78 is 0.790. The van der Waals surface area contributed by atoms with E-state index in [1.54, 1.807) is 13.0 Å². The van der Waals surface area contributed by atoms with Gasteiger partial charge < -0.3 is 15.4 Å². The molecule has 0 saturated heterocycles. The molecule has 0 fully saturated rings. The maximum atomic E-state index is 11.9. The first-order chi connectivity index (χ1) is 8.45. The van der Waals surface area contributed by atoms with Gasteiger partial charge in [0.2, 0.25) is 0 Å². The number of aromatic amines is 1. The van der Waals surface area contributed by atoms with Crippen LogP contribution in [-0.2, 0) is 0 Å². The summed E-state index contributed by atoms with van der Waals surface area (Å²) in [6.45, 7) is 3.57. The zero-order chi connectivity index (χ0) is 13.3. The second-order valence-electron chi connectivity index (χ2n) is 4.32. The Morgan fingerprint density at radius 2 is 2.39 bits per heavy atom. The van der Waals surface area contributed by atoms with Crippen LogP contribution in [0.2, 0.25) is 0 Å². The van der Waals surface area contributed by atoms with Crippen molar-refractivity contribution in [2.45, 2.75) is 32.4 Å². The molecule has 2 rings (SSSR count). The fourth-order valence-electron chi connectivity index (χ4n) is 1.78. The van der Waals surface area contributed by atoms with E-state index in [0.29, 0.717) is 12.1 Å². The van der Waals surface area contributed by atoms with Gasteiger partial charge in [-0.15, -0.1) is 0 Å². The molecule has 0 spiro atoms. The van der Waals surface area contributed by atoms with Gasteiger partial charge in [0.1, 0.15) is 16.0 Å². The van der Waals surface area contributed by atoms with E-state index in [1.165, 1.54) is 11.3 Å². The molecule has 2 atom stereocenters. The van der Waals surface area contributed by atoms with Crippen LogP contribution >= 0.6 is 27.3 Å². The van der Waals surface area contributed by atoms with E-state index in [-0.39, 0.29) is 11.9 Å². The number of halogens is 1. The Balaban J connectivity index is 2.06. The molecule has 0 radical (unpaired) electrons. The van der Waals surface area contributed by atoms with Crippen molar-refractivity contribution < 1.29 is 9.90 Å². The molecule has 0 aliphatic rings. The van der Waals surface area contributed by atoms with Crippen molar-refractivity contribution in [2.24, 2.45) is 0 Å². The highest BCUT2D eigenvalue weighted by Crippen LogP contribution is 2.25. The summed E-state index contributed by atoms with van der Waals surface area (Å²) in [5, 5.41) is 12.1. The number of hydrogen-bond donors (Lipinski definition) is 3. The number of amides is 1. The maximum Gasteiger partial charge on any atom is 0.268 e. The zero-order valence-corrected chi connectivity index (χ0v) is 12.4. The number of nitrogens with one attached hydrogen (secondary N) is 2. The third-order valence-electron chi connectivity index (χ3n) is 2.47. The second-order valence-corrected chi connectivity index (χ2v) is 6.60. The van der Waals surface area contributed by atoms with E-state index in [2.05, 4.69) is 31.2 Å². The average Bonchev–Trinajstić information content (AvgIpc) is 2.72. The first kappa shape index (κ1) is 13.5. The monoisotopic (exact) mass is 331 g/mol. The Morgan fingerprint density at radius 1 is 1.67 bits per heavy atom. The predicted molar refractivity (Wildman–Crippen MR) is 74.9 cm³/mol. The van der Waals surface area contributed by atoms with Crippen molar-refractivity contribution in [2.75, 3.05) is 0 Å². The molecule has 2 heterocycles. The number of aromatic nitrogens is 2. The van der Waals surface area contributed by atoms with Crippen molar-refractivity contribution >= 4 is 43.5 Å². The fourth-order valence-corrected chi connectivity index (χ4v) is 3.14. The minimum atomic E-state index is -0.426. The molecule has 2 aromatic rings. The molecule has 1 amide bonds. The van der Waals surface area contributed by atoms with Crippen LogP contribution in [0.1, 0.15) is 30.8 Å². The van der Waals surface area contributed by atoms with Crippen LogP contribution in [0.4, 0.5) is 0 Å². The quantitative estimate of drug-likeness (QED) is 0.804. The first-order valence-corrected chi connectivity index (χ1v) is 7.20. The normalized spacial score (nSPS) is 14.7. The molecular weight excluding hydrogens is 318 g/mol. The molecule has 0 aliphatic heterocycles. The number of carbonyl (C=O) groups excluding carboxylic acids is 1. The summed E-state index contributed by atoms with van der Waals surface area (Å²) in [6, 6.07) is 1.65. The number of thiazole rings is 1. The van der Waals surface area contributed by atoms with E-state index < -0.39 is 6.10 Å². The molecule has 2 unspecified atom stereocenters. The number of aliphatic hydroxyl groups is 1. The minimum absolute atomic E-state index is 0.0708. The molecule has 0 bridgehead atoms. The average molecular weight is 332 g/mol. The summed E-state index contributed by atoms with van der Waals surface area (Å²) in [4.78, 5) is 20.1. The van der Waals surface area contributed by atoms with Crippen molar-refractivity contribution in [1.82, 2.24) is 15.3 Å². The van der Waals surface area contributed by atoms with Gasteiger partial charge in [0, 0.05) is 6.04 Å². The highest BCUT2D eigenvalue weighted by Gasteiger charge is 2.15. The van der Waals surface area contributed by atoms with Crippen molar-refractivity contribution in [3.63, 3.8) is 0 Å². The van der Waals surface area contributed by atoms with Gasteiger partial charge in [-0.25, -0.2) is 4.98 Å². The van der Waals surface area contributed by atoms with Crippen LogP contribution in [-0.4, -0.2) is 33.1 Å². The van der Waals surface area contributed by atoms with Gasteiger partial charge in [0.05, 0.1) is 6.10 Å². The van der Waals surface area contributed by atoms with Crippen LogP contribution in [0.3, 0.4) is 0 Å². The first-order valence-electron chi connectivity index (χ1n) is 5.59. The van der Waals surface area contributed by atoms with E-state index in [9.17, 15) is 9.90 Å². The van der Waals surface area contributed by atoms with Crippen LogP contribution in [0.5, 0.6) is 0 Å². The fraction of sp³-hybridized carbons (Fsp3) is 0.455. The summed E-state index contributed by atoms with van der Waals surface area (Å²) in [6.07, 6.45) is 0.106. The molecule has 5 nitrogen and oxygen atoms in total.